The van der Waals surface area contributed by atoms with Crippen molar-refractivity contribution in [3.05, 3.63) is 94.3 Å². The zero-order valence-corrected chi connectivity index (χ0v) is 21.8. The van der Waals surface area contributed by atoms with Crippen LogP contribution in [-0.2, 0) is 25.7 Å². The smallest absolute Gasteiger partial charge is 0.434 e. The van der Waals surface area contributed by atoms with Gasteiger partial charge in [-0.25, -0.2) is 14.5 Å². The molecule has 206 valence electrons. The first-order valence-electron chi connectivity index (χ1n) is 13.1. The number of pyridine rings is 1. The highest BCUT2D eigenvalue weighted by Gasteiger charge is 2.41. The molecule has 7 nitrogen and oxygen atoms in total. The predicted octanol–water partition coefficient (Wildman–Crippen LogP) is 6.06. The maximum absolute atomic E-state index is 13.8. The lowest BCUT2D eigenvalue weighted by molar-refractivity contribution is -0.143. The first kappa shape index (κ1) is 26.1. The molecule has 2 aromatic carbocycles. The minimum Gasteiger partial charge on any atom is -0.488 e. The van der Waals surface area contributed by atoms with Gasteiger partial charge >= 0.3 is 12.1 Å². The molecule has 2 aliphatic rings. The number of rotatable bonds is 7. The molecule has 3 heterocycles. The van der Waals surface area contributed by atoms with Crippen molar-refractivity contribution >= 4 is 5.97 Å². The third kappa shape index (κ3) is 5.19. The molecule has 0 saturated heterocycles. The van der Waals surface area contributed by atoms with Gasteiger partial charge < -0.3 is 9.84 Å². The number of fused-ring (bicyclic) bond motifs is 1. The zero-order valence-electron chi connectivity index (χ0n) is 21.8. The van der Waals surface area contributed by atoms with Gasteiger partial charge in [0.25, 0.3) is 0 Å². The van der Waals surface area contributed by atoms with E-state index in [1.165, 1.54) is 30.0 Å². The van der Waals surface area contributed by atoms with E-state index in [-0.39, 0.29) is 5.82 Å². The van der Waals surface area contributed by atoms with E-state index in [9.17, 15) is 23.1 Å². The number of halogens is 3. The Hall–Kier alpha value is -4.18. The second kappa shape index (κ2) is 10.1. The van der Waals surface area contributed by atoms with Crippen LogP contribution in [0.5, 0.6) is 5.75 Å². The van der Waals surface area contributed by atoms with Gasteiger partial charge in [0.15, 0.2) is 11.5 Å². The zero-order chi connectivity index (χ0) is 28.0. The van der Waals surface area contributed by atoms with Gasteiger partial charge in [0.1, 0.15) is 17.9 Å². The largest absolute Gasteiger partial charge is 0.488 e. The quantitative estimate of drug-likeness (QED) is 0.303. The Morgan fingerprint density at radius 1 is 1.10 bits per heavy atom. The fourth-order valence-electron chi connectivity index (χ4n) is 5.24. The van der Waals surface area contributed by atoms with Crippen LogP contribution in [0.2, 0.25) is 0 Å². The van der Waals surface area contributed by atoms with Crippen molar-refractivity contribution in [1.82, 2.24) is 19.7 Å². The van der Waals surface area contributed by atoms with E-state index in [1.807, 2.05) is 25.1 Å². The number of benzene rings is 2. The van der Waals surface area contributed by atoms with E-state index in [0.717, 1.165) is 36.7 Å². The Kier molecular flexibility index (Phi) is 6.58. The third-order valence-corrected chi connectivity index (χ3v) is 7.40. The number of carboxylic acids is 1. The molecule has 0 amide bonds. The van der Waals surface area contributed by atoms with Crippen LogP contribution in [-0.4, -0.2) is 43.3 Å². The Bertz CT molecular complexity index is 1590. The summed E-state index contributed by atoms with van der Waals surface area (Å²) < 4.78 is 48.1. The first-order chi connectivity index (χ1) is 19.2. The van der Waals surface area contributed by atoms with Crippen molar-refractivity contribution in [1.29, 1.82) is 0 Å². The Morgan fingerprint density at radius 2 is 1.93 bits per heavy atom. The fraction of sp³-hybridized carbons (Fsp3) is 0.300. The summed E-state index contributed by atoms with van der Waals surface area (Å²) in [7, 11) is 0. The molecule has 1 aliphatic heterocycles. The third-order valence-electron chi connectivity index (χ3n) is 7.40. The molecule has 0 spiro atoms. The van der Waals surface area contributed by atoms with E-state index in [0.29, 0.717) is 34.5 Å². The van der Waals surface area contributed by atoms with E-state index < -0.39 is 23.4 Å². The van der Waals surface area contributed by atoms with Gasteiger partial charge in [-0.1, -0.05) is 35.9 Å². The van der Waals surface area contributed by atoms with Gasteiger partial charge in [-0.2, -0.15) is 18.3 Å². The molecule has 1 saturated carbocycles. The second-order valence-electron chi connectivity index (χ2n) is 10.3. The first-order valence-corrected chi connectivity index (χ1v) is 13.1. The van der Waals surface area contributed by atoms with Crippen molar-refractivity contribution in [3.63, 3.8) is 0 Å². The summed E-state index contributed by atoms with van der Waals surface area (Å²) in [6.07, 6.45) is -0.643. The average Bonchev–Trinajstić information content (AvgIpc) is 3.68. The van der Waals surface area contributed by atoms with E-state index in [4.69, 9.17) is 4.74 Å². The number of ether oxygens (including phenoxy) is 1. The van der Waals surface area contributed by atoms with Crippen LogP contribution >= 0.6 is 0 Å². The highest BCUT2D eigenvalue weighted by Crippen LogP contribution is 2.36. The molecule has 4 aromatic rings. The normalized spacial score (nSPS) is 15.6. The van der Waals surface area contributed by atoms with Crippen LogP contribution in [0, 0.1) is 6.92 Å². The highest BCUT2D eigenvalue weighted by atomic mass is 19.4. The summed E-state index contributed by atoms with van der Waals surface area (Å²) in [6.45, 7) is 4.30. The number of alkyl halides is 3. The van der Waals surface area contributed by atoms with Crippen LogP contribution in [0.4, 0.5) is 13.2 Å². The molecule has 40 heavy (non-hydrogen) atoms. The maximum Gasteiger partial charge on any atom is 0.434 e. The average molecular weight is 549 g/mol. The number of aromatic carboxylic acids is 1. The SMILES string of the molecule is Cc1ccc(OCc2ccc3c(c2)CCN(C2CC2)C3)c(-c2cccc(-n3ncc(C(=O)O)c3C(F)(F)F)n2)c1. The number of aryl methyl sites for hydroxylation is 1. The summed E-state index contributed by atoms with van der Waals surface area (Å²) in [6, 6.07) is 17.4. The summed E-state index contributed by atoms with van der Waals surface area (Å²) >= 11 is 0. The number of aromatic nitrogens is 3. The molecule has 0 unspecified atom stereocenters. The number of hydrogen-bond acceptors (Lipinski definition) is 5. The minimum atomic E-state index is -4.94. The van der Waals surface area contributed by atoms with Gasteiger partial charge in [-0.05, 0) is 67.1 Å². The molecule has 0 atom stereocenters. The predicted molar refractivity (Wildman–Crippen MR) is 141 cm³/mol. The molecule has 1 aliphatic carbocycles. The lowest BCUT2D eigenvalue weighted by Crippen LogP contribution is -2.32. The Balaban J connectivity index is 1.27. The highest BCUT2D eigenvalue weighted by molar-refractivity contribution is 5.89. The monoisotopic (exact) mass is 548 g/mol. The standard InChI is InChI=1S/C30H27F3N4O3/c1-18-5-10-26(40-17-19-6-7-21-16-36(22-8-9-22)12-11-20(21)14-19)23(13-18)25-3-2-4-27(35-25)37-28(30(31,32)33)24(15-34-37)29(38)39/h2-7,10,13-15,22H,8-9,11-12,16-17H2,1H3,(H,38,39). The van der Waals surface area contributed by atoms with Crippen LogP contribution in [0.3, 0.4) is 0 Å². The lowest BCUT2D eigenvalue weighted by atomic mass is 9.97. The molecule has 0 radical (unpaired) electrons. The van der Waals surface area contributed by atoms with E-state index >= 15 is 0 Å². The van der Waals surface area contributed by atoms with E-state index in [2.05, 4.69) is 33.2 Å². The Morgan fingerprint density at radius 3 is 2.67 bits per heavy atom. The van der Waals surface area contributed by atoms with Crippen molar-refractivity contribution in [2.75, 3.05) is 6.54 Å². The fourth-order valence-corrected chi connectivity index (χ4v) is 5.24. The number of nitrogens with zero attached hydrogens (tertiary/aromatic N) is 4. The van der Waals surface area contributed by atoms with Gasteiger partial charge in [-0.3, -0.25) is 4.90 Å². The number of carboxylic acid groups (broad SMARTS) is 1. The molecule has 10 heteroatoms. The molecule has 1 fully saturated rings. The Labute approximate surface area is 228 Å². The van der Waals surface area contributed by atoms with Gasteiger partial charge in [-0.15, -0.1) is 0 Å². The minimum absolute atomic E-state index is 0.153. The van der Waals surface area contributed by atoms with Crippen LogP contribution in [0.15, 0.2) is 60.8 Å². The van der Waals surface area contributed by atoms with Gasteiger partial charge in [0.2, 0.25) is 0 Å². The maximum atomic E-state index is 13.8. The van der Waals surface area contributed by atoms with Crippen LogP contribution < -0.4 is 4.74 Å². The topological polar surface area (TPSA) is 80.5 Å². The lowest BCUT2D eigenvalue weighted by Gasteiger charge is -2.29. The molecule has 0 bridgehead atoms. The number of hydrogen-bond donors (Lipinski definition) is 1. The van der Waals surface area contributed by atoms with Crippen molar-refractivity contribution in [2.24, 2.45) is 0 Å². The van der Waals surface area contributed by atoms with Crippen molar-refractivity contribution < 1.29 is 27.8 Å². The number of carbonyl (C=O) groups is 1. The van der Waals surface area contributed by atoms with Crippen molar-refractivity contribution in [3.8, 4) is 22.8 Å². The summed E-state index contributed by atoms with van der Waals surface area (Å²) in [5.41, 5.74) is 3.33. The second-order valence-corrected chi connectivity index (χ2v) is 10.3. The van der Waals surface area contributed by atoms with Gasteiger partial charge in [0, 0.05) is 24.7 Å². The molecule has 2 aromatic heterocycles. The molecule has 1 N–H and O–H groups in total. The molecular weight excluding hydrogens is 521 g/mol. The summed E-state index contributed by atoms with van der Waals surface area (Å²) in [4.78, 5) is 18.4. The molecular formula is C30H27F3N4O3. The summed E-state index contributed by atoms with van der Waals surface area (Å²) in [5.74, 6) is -1.33. The molecule has 6 rings (SSSR count). The van der Waals surface area contributed by atoms with Crippen LogP contribution in [0.1, 0.15) is 51.1 Å². The van der Waals surface area contributed by atoms with E-state index in [1.54, 1.807) is 12.1 Å². The van der Waals surface area contributed by atoms with Gasteiger partial charge in [0.05, 0.1) is 11.9 Å². The van der Waals surface area contributed by atoms with Crippen LogP contribution in [0.25, 0.3) is 17.1 Å². The van der Waals surface area contributed by atoms with Crippen molar-refractivity contribution in [2.45, 2.75) is 51.6 Å². The summed E-state index contributed by atoms with van der Waals surface area (Å²) in [5, 5.41) is 12.9.